The summed E-state index contributed by atoms with van der Waals surface area (Å²) >= 11 is 1.54. The second kappa shape index (κ2) is 7.90. The van der Waals surface area contributed by atoms with E-state index in [2.05, 4.69) is 59.0 Å². The van der Waals surface area contributed by atoms with Gasteiger partial charge in [0.25, 0.3) is 0 Å². The predicted molar refractivity (Wildman–Crippen MR) is 104 cm³/mol. The van der Waals surface area contributed by atoms with Gasteiger partial charge in [0.1, 0.15) is 11.1 Å². The molecule has 0 spiro atoms. The van der Waals surface area contributed by atoms with Gasteiger partial charge < -0.3 is 4.90 Å². The van der Waals surface area contributed by atoms with Crippen molar-refractivity contribution >= 4 is 17.4 Å². The summed E-state index contributed by atoms with van der Waals surface area (Å²) in [5, 5.41) is 9.96. The van der Waals surface area contributed by atoms with Crippen LogP contribution in [0.3, 0.4) is 0 Å². The maximum atomic E-state index is 9.13. The van der Waals surface area contributed by atoms with Gasteiger partial charge in [-0.25, -0.2) is 4.98 Å². The first-order chi connectivity index (χ1) is 12.1. The Balaban J connectivity index is 1.66. The second-order valence-electron chi connectivity index (χ2n) is 6.59. The van der Waals surface area contributed by atoms with Crippen LogP contribution in [0.5, 0.6) is 0 Å². The van der Waals surface area contributed by atoms with Crippen LogP contribution in [0.15, 0.2) is 41.4 Å². The van der Waals surface area contributed by atoms with Crippen LogP contribution in [-0.2, 0) is 6.54 Å². The van der Waals surface area contributed by atoms with Crippen LogP contribution >= 0.6 is 11.8 Å². The lowest BCUT2D eigenvalue weighted by Gasteiger charge is -2.41. The molecule has 1 aliphatic rings. The smallest absolute Gasteiger partial charge is 0.114 e. The molecule has 5 heteroatoms. The van der Waals surface area contributed by atoms with Crippen molar-refractivity contribution in [2.75, 3.05) is 30.8 Å². The van der Waals surface area contributed by atoms with Crippen LogP contribution in [0, 0.1) is 18.3 Å². The molecular formula is C20H24N4S. The fourth-order valence-corrected chi connectivity index (χ4v) is 3.95. The molecule has 0 amide bonds. The van der Waals surface area contributed by atoms with E-state index in [1.807, 2.05) is 18.4 Å². The number of benzene rings is 1. The Morgan fingerprint density at radius 3 is 2.80 bits per heavy atom. The summed E-state index contributed by atoms with van der Waals surface area (Å²) in [6, 6.07) is 15.3. The van der Waals surface area contributed by atoms with Crippen molar-refractivity contribution in [1.82, 2.24) is 9.88 Å². The molecule has 0 radical (unpaired) electrons. The van der Waals surface area contributed by atoms with Gasteiger partial charge in [-0.3, -0.25) is 4.90 Å². The number of piperazine rings is 1. The molecule has 0 saturated carbocycles. The Morgan fingerprint density at radius 1 is 1.28 bits per heavy atom. The molecule has 3 rings (SSSR count). The highest BCUT2D eigenvalue weighted by Gasteiger charge is 2.24. The summed E-state index contributed by atoms with van der Waals surface area (Å²) in [7, 11) is 0. The fraction of sp³-hybridized carbons (Fsp3) is 0.400. The topological polar surface area (TPSA) is 43.2 Å². The molecule has 1 aliphatic heterocycles. The maximum Gasteiger partial charge on any atom is 0.114 e. The zero-order valence-corrected chi connectivity index (χ0v) is 15.9. The average molecular weight is 353 g/mol. The number of hydrogen-bond donors (Lipinski definition) is 0. The first kappa shape index (κ1) is 17.8. The molecule has 1 fully saturated rings. The number of nitriles is 1. The van der Waals surface area contributed by atoms with E-state index in [4.69, 9.17) is 5.26 Å². The van der Waals surface area contributed by atoms with Gasteiger partial charge in [-0.2, -0.15) is 5.26 Å². The molecule has 0 N–H and O–H groups in total. The van der Waals surface area contributed by atoms with Gasteiger partial charge in [0.15, 0.2) is 0 Å². The van der Waals surface area contributed by atoms with Crippen LogP contribution in [0.4, 0.5) is 5.69 Å². The van der Waals surface area contributed by atoms with E-state index in [9.17, 15) is 0 Å². The van der Waals surface area contributed by atoms with E-state index >= 15 is 0 Å². The lowest BCUT2D eigenvalue weighted by atomic mass is 10.1. The van der Waals surface area contributed by atoms with Crippen molar-refractivity contribution in [3.8, 4) is 6.07 Å². The van der Waals surface area contributed by atoms with Crippen LogP contribution in [0.1, 0.15) is 23.7 Å². The molecule has 25 heavy (non-hydrogen) atoms. The molecule has 1 unspecified atom stereocenters. The molecule has 1 saturated heterocycles. The Labute approximate surface area is 154 Å². The van der Waals surface area contributed by atoms with E-state index in [-0.39, 0.29) is 0 Å². The number of aromatic nitrogens is 1. The monoisotopic (exact) mass is 352 g/mol. The van der Waals surface area contributed by atoms with Crippen molar-refractivity contribution < 1.29 is 0 Å². The van der Waals surface area contributed by atoms with Gasteiger partial charge in [0, 0.05) is 37.9 Å². The SMILES string of the molecule is CSc1nc(CN2CCN(c3cccc(C)c3)C(C)C2)ccc1C#N. The Bertz CT molecular complexity index is 784. The number of rotatable bonds is 4. The van der Waals surface area contributed by atoms with Gasteiger partial charge in [0.2, 0.25) is 0 Å². The minimum Gasteiger partial charge on any atom is -0.366 e. The van der Waals surface area contributed by atoms with E-state index in [1.165, 1.54) is 23.0 Å². The molecule has 1 atom stereocenters. The molecular weight excluding hydrogens is 328 g/mol. The van der Waals surface area contributed by atoms with Gasteiger partial charge >= 0.3 is 0 Å². The molecule has 130 valence electrons. The molecule has 4 nitrogen and oxygen atoms in total. The molecule has 0 bridgehead atoms. The highest BCUT2D eigenvalue weighted by Crippen LogP contribution is 2.23. The van der Waals surface area contributed by atoms with Crippen LogP contribution < -0.4 is 4.90 Å². The summed E-state index contributed by atoms with van der Waals surface area (Å²) < 4.78 is 0. The van der Waals surface area contributed by atoms with Crippen molar-refractivity contribution in [2.45, 2.75) is 31.5 Å². The minimum atomic E-state index is 0.467. The highest BCUT2D eigenvalue weighted by molar-refractivity contribution is 7.98. The van der Waals surface area contributed by atoms with Crippen molar-refractivity contribution in [1.29, 1.82) is 5.26 Å². The van der Waals surface area contributed by atoms with Crippen molar-refractivity contribution in [3.63, 3.8) is 0 Å². The summed E-state index contributed by atoms with van der Waals surface area (Å²) in [5.74, 6) is 0. The van der Waals surface area contributed by atoms with Crippen LogP contribution in [0.2, 0.25) is 0 Å². The van der Waals surface area contributed by atoms with Crippen LogP contribution in [0.25, 0.3) is 0 Å². The zero-order chi connectivity index (χ0) is 17.8. The van der Waals surface area contributed by atoms with Crippen LogP contribution in [-0.4, -0.2) is 41.8 Å². The summed E-state index contributed by atoms with van der Waals surface area (Å²) in [4.78, 5) is 9.60. The standard InChI is InChI=1S/C20H24N4S/c1-15-5-4-6-19(11-15)24-10-9-23(13-16(24)2)14-18-8-7-17(12-21)20(22-18)25-3/h4-8,11,16H,9-10,13-14H2,1-3H3. The van der Waals surface area contributed by atoms with Gasteiger partial charge in [-0.05, 0) is 49.9 Å². The molecule has 1 aromatic carbocycles. The Morgan fingerprint density at radius 2 is 2.12 bits per heavy atom. The van der Waals surface area contributed by atoms with E-state index in [0.717, 1.165) is 36.9 Å². The van der Waals surface area contributed by atoms with Gasteiger partial charge in [-0.1, -0.05) is 12.1 Å². The lowest BCUT2D eigenvalue weighted by molar-refractivity contribution is 0.218. The third-order valence-electron chi connectivity index (χ3n) is 4.66. The quantitative estimate of drug-likeness (QED) is 0.785. The Hall–Kier alpha value is -2.03. The zero-order valence-electron chi connectivity index (χ0n) is 15.1. The number of thioether (sulfide) groups is 1. The van der Waals surface area contributed by atoms with Crippen molar-refractivity contribution in [3.05, 3.63) is 53.2 Å². The number of anilines is 1. The van der Waals surface area contributed by atoms with Gasteiger partial charge in [-0.15, -0.1) is 11.8 Å². The Kier molecular flexibility index (Phi) is 5.62. The number of aryl methyl sites for hydroxylation is 1. The third kappa shape index (κ3) is 4.15. The molecule has 0 aliphatic carbocycles. The number of hydrogen-bond acceptors (Lipinski definition) is 5. The summed E-state index contributed by atoms with van der Waals surface area (Å²) in [6.07, 6.45) is 1.97. The largest absolute Gasteiger partial charge is 0.366 e. The maximum absolute atomic E-state index is 9.13. The average Bonchev–Trinajstić information content (AvgIpc) is 2.61. The third-order valence-corrected chi connectivity index (χ3v) is 5.36. The fourth-order valence-electron chi connectivity index (χ4n) is 3.40. The summed E-state index contributed by atoms with van der Waals surface area (Å²) in [6.45, 7) is 8.33. The molecule has 2 aromatic rings. The summed E-state index contributed by atoms with van der Waals surface area (Å²) in [5.41, 5.74) is 4.32. The second-order valence-corrected chi connectivity index (χ2v) is 7.38. The minimum absolute atomic E-state index is 0.467. The molecule has 1 aromatic heterocycles. The number of nitrogens with zero attached hydrogens (tertiary/aromatic N) is 4. The normalized spacial score (nSPS) is 18.2. The predicted octanol–water partition coefficient (Wildman–Crippen LogP) is 3.69. The van der Waals surface area contributed by atoms with E-state index in [0.29, 0.717) is 11.6 Å². The van der Waals surface area contributed by atoms with E-state index in [1.54, 1.807) is 0 Å². The number of pyridine rings is 1. The van der Waals surface area contributed by atoms with Gasteiger partial charge in [0.05, 0.1) is 11.3 Å². The lowest BCUT2D eigenvalue weighted by Crippen LogP contribution is -2.51. The van der Waals surface area contributed by atoms with Crippen molar-refractivity contribution in [2.24, 2.45) is 0 Å². The van der Waals surface area contributed by atoms with E-state index < -0.39 is 0 Å². The first-order valence-electron chi connectivity index (χ1n) is 8.60. The highest BCUT2D eigenvalue weighted by atomic mass is 32.2. The molecule has 2 heterocycles. The first-order valence-corrected chi connectivity index (χ1v) is 9.83.